The van der Waals surface area contributed by atoms with Gasteiger partial charge in [0, 0.05) is 6.04 Å². The Hall–Kier alpha value is -0.570. The maximum absolute atomic E-state index is 12.5. The SMILES string of the molecule is CCC1(C(=O)NC(C)C(C)(C)C)CCNCC1. The van der Waals surface area contributed by atoms with E-state index in [1.807, 2.05) is 0 Å². The van der Waals surface area contributed by atoms with Crippen molar-refractivity contribution in [2.24, 2.45) is 10.8 Å². The van der Waals surface area contributed by atoms with Crippen LogP contribution in [0.2, 0.25) is 0 Å². The standard InChI is InChI=1S/C14H28N2O/c1-6-14(7-9-15-10-8-14)12(17)16-11(2)13(3,4)5/h11,15H,6-10H2,1-5H3,(H,16,17). The Morgan fingerprint density at radius 2 is 1.88 bits per heavy atom. The first-order chi connectivity index (χ1) is 7.82. The van der Waals surface area contributed by atoms with Gasteiger partial charge in [-0.15, -0.1) is 0 Å². The highest BCUT2D eigenvalue weighted by Gasteiger charge is 2.39. The molecule has 0 aliphatic carbocycles. The summed E-state index contributed by atoms with van der Waals surface area (Å²) in [6.45, 7) is 12.7. The van der Waals surface area contributed by atoms with E-state index in [9.17, 15) is 4.79 Å². The van der Waals surface area contributed by atoms with Gasteiger partial charge < -0.3 is 10.6 Å². The van der Waals surface area contributed by atoms with Gasteiger partial charge in [0.05, 0.1) is 5.41 Å². The lowest BCUT2D eigenvalue weighted by Gasteiger charge is -2.38. The number of hydrogen-bond acceptors (Lipinski definition) is 2. The number of carbonyl (C=O) groups excluding carboxylic acids is 1. The lowest BCUT2D eigenvalue weighted by Crippen LogP contribution is -2.52. The minimum Gasteiger partial charge on any atom is -0.353 e. The highest BCUT2D eigenvalue weighted by atomic mass is 16.2. The Labute approximate surface area is 106 Å². The van der Waals surface area contributed by atoms with Crippen LogP contribution in [0.5, 0.6) is 0 Å². The minimum atomic E-state index is -0.134. The van der Waals surface area contributed by atoms with Crippen molar-refractivity contribution in [1.29, 1.82) is 0 Å². The molecular formula is C14H28N2O. The summed E-state index contributed by atoms with van der Waals surface area (Å²) in [5.41, 5.74) is -0.0116. The molecule has 0 spiro atoms. The van der Waals surface area contributed by atoms with Gasteiger partial charge in [-0.1, -0.05) is 27.7 Å². The fourth-order valence-electron chi connectivity index (χ4n) is 2.21. The molecule has 1 unspecified atom stereocenters. The summed E-state index contributed by atoms with van der Waals surface area (Å²) in [5, 5.41) is 6.55. The third kappa shape index (κ3) is 3.44. The van der Waals surface area contributed by atoms with E-state index in [1.165, 1.54) is 0 Å². The average Bonchev–Trinajstić information content (AvgIpc) is 2.28. The van der Waals surface area contributed by atoms with Crippen LogP contribution >= 0.6 is 0 Å². The van der Waals surface area contributed by atoms with E-state index >= 15 is 0 Å². The van der Waals surface area contributed by atoms with Gasteiger partial charge in [-0.2, -0.15) is 0 Å². The first-order valence-corrected chi connectivity index (χ1v) is 6.83. The molecule has 1 atom stereocenters. The van der Waals surface area contributed by atoms with Crippen molar-refractivity contribution in [1.82, 2.24) is 10.6 Å². The summed E-state index contributed by atoms with van der Waals surface area (Å²) in [6, 6.07) is 0.216. The molecule has 3 nitrogen and oxygen atoms in total. The first kappa shape index (κ1) is 14.5. The van der Waals surface area contributed by atoms with Crippen molar-refractivity contribution in [3.63, 3.8) is 0 Å². The summed E-state index contributed by atoms with van der Waals surface area (Å²) in [4.78, 5) is 12.5. The van der Waals surface area contributed by atoms with Gasteiger partial charge in [0.1, 0.15) is 0 Å². The van der Waals surface area contributed by atoms with Gasteiger partial charge in [0.2, 0.25) is 5.91 Å². The monoisotopic (exact) mass is 240 g/mol. The largest absolute Gasteiger partial charge is 0.353 e. The van der Waals surface area contributed by atoms with Crippen LogP contribution in [0.1, 0.15) is 53.9 Å². The third-order valence-electron chi connectivity index (χ3n) is 4.37. The molecule has 2 N–H and O–H groups in total. The molecule has 0 saturated carbocycles. The van der Waals surface area contributed by atoms with Crippen LogP contribution < -0.4 is 10.6 Å². The normalized spacial score (nSPS) is 21.9. The van der Waals surface area contributed by atoms with E-state index in [-0.39, 0.29) is 22.8 Å². The van der Waals surface area contributed by atoms with Crippen LogP contribution in [0, 0.1) is 10.8 Å². The average molecular weight is 240 g/mol. The van der Waals surface area contributed by atoms with Crippen molar-refractivity contribution in [3.05, 3.63) is 0 Å². The highest BCUT2D eigenvalue weighted by Crippen LogP contribution is 2.33. The van der Waals surface area contributed by atoms with Crippen molar-refractivity contribution < 1.29 is 4.79 Å². The van der Waals surface area contributed by atoms with Crippen molar-refractivity contribution in [3.8, 4) is 0 Å². The fourth-order valence-corrected chi connectivity index (χ4v) is 2.21. The Balaban J connectivity index is 2.67. The molecule has 0 bridgehead atoms. The van der Waals surface area contributed by atoms with Crippen molar-refractivity contribution in [2.75, 3.05) is 13.1 Å². The second-order valence-corrected chi connectivity index (χ2v) is 6.45. The zero-order valence-electron chi connectivity index (χ0n) is 12.0. The predicted molar refractivity (Wildman–Crippen MR) is 71.9 cm³/mol. The fraction of sp³-hybridized carbons (Fsp3) is 0.929. The van der Waals surface area contributed by atoms with Crippen LogP contribution in [0.4, 0.5) is 0 Å². The summed E-state index contributed by atoms with van der Waals surface area (Å²) in [6.07, 6.45) is 2.87. The molecule has 1 amide bonds. The van der Waals surface area contributed by atoms with Crippen LogP contribution in [0.25, 0.3) is 0 Å². The molecule has 100 valence electrons. The highest BCUT2D eigenvalue weighted by molar-refractivity contribution is 5.83. The number of nitrogens with one attached hydrogen (secondary N) is 2. The first-order valence-electron chi connectivity index (χ1n) is 6.83. The number of hydrogen-bond donors (Lipinski definition) is 2. The lowest BCUT2D eigenvalue weighted by atomic mass is 9.75. The zero-order chi connectivity index (χ0) is 13.1. The number of piperidine rings is 1. The Kier molecular flexibility index (Phi) is 4.59. The van der Waals surface area contributed by atoms with Crippen molar-refractivity contribution >= 4 is 5.91 Å². The quantitative estimate of drug-likeness (QED) is 0.795. The second kappa shape index (κ2) is 5.38. The molecule has 3 heteroatoms. The van der Waals surface area contributed by atoms with E-state index in [4.69, 9.17) is 0 Å². The van der Waals surface area contributed by atoms with Gasteiger partial charge >= 0.3 is 0 Å². The second-order valence-electron chi connectivity index (χ2n) is 6.45. The third-order valence-corrected chi connectivity index (χ3v) is 4.37. The van der Waals surface area contributed by atoms with E-state index in [0.29, 0.717) is 0 Å². The van der Waals surface area contributed by atoms with E-state index in [1.54, 1.807) is 0 Å². The number of rotatable bonds is 3. The molecule has 0 aromatic carbocycles. The summed E-state index contributed by atoms with van der Waals surface area (Å²) < 4.78 is 0. The molecule has 0 aromatic rings. The van der Waals surface area contributed by atoms with E-state index in [0.717, 1.165) is 32.4 Å². The number of carbonyl (C=O) groups is 1. The van der Waals surface area contributed by atoms with Crippen LogP contribution in [-0.4, -0.2) is 25.0 Å². The Morgan fingerprint density at radius 3 is 2.29 bits per heavy atom. The van der Waals surface area contributed by atoms with Crippen LogP contribution in [0.15, 0.2) is 0 Å². The van der Waals surface area contributed by atoms with Crippen molar-refractivity contribution in [2.45, 2.75) is 59.9 Å². The zero-order valence-corrected chi connectivity index (χ0v) is 12.0. The van der Waals surface area contributed by atoms with Gasteiger partial charge in [0.25, 0.3) is 0 Å². The minimum absolute atomic E-state index is 0.123. The number of amides is 1. The smallest absolute Gasteiger partial charge is 0.226 e. The molecular weight excluding hydrogens is 212 g/mol. The van der Waals surface area contributed by atoms with Gasteiger partial charge in [-0.25, -0.2) is 0 Å². The molecule has 1 aliphatic rings. The Morgan fingerprint density at radius 1 is 1.35 bits per heavy atom. The molecule has 1 aliphatic heterocycles. The Bertz CT molecular complexity index is 262. The summed E-state index contributed by atoms with van der Waals surface area (Å²) in [7, 11) is 0. The van der Waals surface area contributed by atoms with Gasteiger partial charge in [0.15, 0.2) is 0 Å². The van der Waals surface area contributed by atoms with E-state index in [2.05, 4.69) is 45.3 Å². The van der Waals surface area contributed by atoms with E-state index < -0.39 is 0 Å². The molecule has 1 rings (SSSR count). The molecule has 1 heterocycles. The van der Waals surface area contributed by atoms with Gasteiger partial charge in [-0.3, -0.25) is 4.79 Å². The maximum atomic E-state index is 12.5. The molecule has 17 heavy (non-hydrogen) atoms. The van der Waals surface area contributed by atoms with Crippen LogP contribution in [-0.2, 0) is 4.79 Å². The maximum Gasteiger partial charge on any atom is 0.226 e. The van der Waals surface area contributed by atoms with Crippen LogP contribution in [0.3, 0.4) is 0 Å². The molecule has 1 fully saturated rings. The summed E-state index contributed by atoms with van der Waals surface area (Å²) >= 11 is 0. The lowest BCUT2D eigenvalue weighted by molar-refractivity contribution is -0.134. The molecule has 0 radical (unpaired) electrons. The molecule has 1 saturated heterocycles. The molecule has 0 aromatic heterocycles. The predicted octanol–water partition coefficient (Wildman–Crippen LogP) is 2.32. The summed E-state index contributed by atoms with van der Waals surface area (Å²) in [5.74, 6) is 0.254. The topological polar surface area (TPSA) is 41.1 Å². The van der Waals surface area contributed by atoms with Gasteiger partial charge in [-0.05, 0) is 44.7 Å².